The maximum Gasteiger partial charge on any atom is 0.161 e. The quantitative estimate of drug-likeness (QED) is 0.753. The van der Waals surface area contributed by atoms with E-state index in [1.165, 1.54) is 0 Å². The molecular weight excluding hydrogens is 214 g/mol. The van der Waals surface area contributed by atoms with Gasteiger partial charge >= 0.3 is 0 Å². The maximum atomic E-state index is 11.6. The molecule has 0 saturated carbocycles. The first-order chi connectivity index (χ1) is 8.08. The average Bonchev–Trinajstić information content (AvgIpc) is 2.72. The Kier molecular flexibility index (Phi) is 2.95. The summed E-state index contributed by atoms with van der Waals surface area (Å²) in [6, 6.07) is 3.82. The van der Waals surface area contributed by atoms with Crippen molar-refractivity contribution in [3.8, 4) is 0 Å². The highest BCUT2D eigenvalue weighted by Gasteiger charge is 2.08. The van der Waals surface area contributed by atoms with Crippen molar-refractivity contribution in [3.63, 3.8) is 0 Å². The summed E-state index contributed by atoms with van der Waals surface area (Å²) in [6.07, 6.45) is 7.36. The van der Waals surface area contributed by atoms with E-state index in [9.17, 15) is 4.79 Å². The molecule has 2 heterocycles. The third-order valence-corrected chi connectivity index (χ3v) is 2.47. The van der Waals surface area contributed by atoms with E-state index in [2.05, 4.69) is 4.98 Å². The molecule has 0 saturated heterocycles. The maximum absolute atomic E-state index is 11.6. The van der Waals surface area contributed by atoms with Gasteiger partial charge in [-0.15, -0.1) is 0 Å². The van der Waals surface area contributed by atoms with Gasteiger partial charge in [0.15, 0.2) is 5.78 Å². The van der Waals surface area contributed by atoms with Crippen molar-refractivity contribution in [2.45, 2.75) is 6.92 Å². The van der Waals surface area contributed by atoms with Crippen LogP contribution >= 0.6 is 0 Å². The predicted octanol–water partition coefficient (Wildman–Crippen LogP) is 1.83. The van der Waals surface area contributed by atoms with Gasteiger partial charge < -0.3 is 9.30 Å². The summed E-state index contributed by atoms with van der Waals surface area (Å²) in [5, 5.41) is 0. The number of pyridine rings is 1. The zero-order chi connectivity index (χ0) is 12.4. The molecule has 17 heavy (non-hydrogen) atoms. The molecule has 0 spiro atoms. The van der Waals surface area contributed by atoms with Crippen LogP contribution in [0.5, 0.6) is 0 Å². The number of nitrogens with zero attached hydrogens (tertiary/aromatic N) is 3. The van der Waals surface area contributed by atoms with Crippen LogP contribution in [0.1, 0.15) is 12.5 Å². The van der Waals surface area contributed by atoms with Gasteiger partial charge in [0.1, 0.15) is 5.65 Å². The van der Waals surface area contributed by atoms with Crippen molar-refractivity contribution in [3.05, 3.63) is 42.5 Å². The lowest BCUT2D eigenvalue weighted by Gasteiger charge is -2.10. The Bertz CT molecular complexity index is 581. The van der Waals surface area contributed by atoms with Crippen molar-refractivity contribution in [1.29, 1.82) is 0 Å². The van der Waals surface area contributed by atoms with Gasteiger partial charge in [0.2, 0.25) is 0 Å². The molecule has 0 N–H and O–H groups in total. The number of ketones is 1. The van der Waals surface area contributed by atoms with Gasteiger partial charge in [-0.1, -0.05) is 0 Å². The van der Waals surface area contributed by atoms with E-state index in [0.29, 0.717) is 5.57 Å². The van der Waals surface area contributed by atoms with Crippen molar-refractivity contribution < 1.29 is 4.79 Å². The summed E-state index contributed by atoms with van der Waals surface area (Å²) < 4.78 is 1.90. The lowest BCUT2D eigenvalue weighted by molar-refractivity contribution is -0.111. The van der Waals surface area contributed by atoms with E-state index < -0.39 is 0 Å². The first-order valence-corrected chi connectivity index (χ1v) is 5.40. The molecule has 2 aromatic rings. The number of rotatable bonds is 3. The monoisotopic (exact) mass is 229 g/mol. The molecule has 88 valence electrons. The molecule has 0 unspecified atom stereocenters. The molecule has 2 aromatic heterocycles. The summed E-state index contributed by atoms with van der Waals surface area (Å²) in [4.78, 5) is 17.7. The van der Waals surface area contributed by atoms with Gasteiger partial charge in [-0.05, 0) is 19.1 Å². The fourth-order valence-electron chi connectivity index (χ4n) is 1.71. The number of carbonyl (C=O) groups is 1. The van der Waals surface area contributed by atoms with E-state index in [4.69, 9.17) is 0 Å². The number of carbonyl (C=O) groups excluding carboxylic acids is 1. The highest BCUT2D eigenvalue weighted by atomic mass is 16.1. The lowest BCUT2D eigenvalue weighted by atomic mass is 10.1. The topological polar surface area (TPSA) is 37.6 Å². The highest BCUT2D eigenvalue weighted by Crippen LogP contribution is 2.16. The summed E-state index contributed by atoms with van der Waals surface area (Å²) >= 11 is 0. The Labute approximate surface area is 100 Å². The van der Waals surface area contributed by atoms with Gasteiger partial charge in [0, 0.05) is 50.0 Å². The Hall–Kier alpha value is -2.10. The van der Waals surface area contributed by atoms with Gasteiger partial charge in [0.25, 0.3) is 0 Å². The number of allylic oxidation sites excluding steroid dienone is 1. The average molecular weight is 229 g/mol. The fourth-order valence-corrected chi connectivity index (χ4v) is 1.71. The Morgan fingerprint density at radius 1 is 1.41 bits per heavy atom. The molecular formula is C13H15N3O. The lowest BCUT2D eigenvalue weighted by Crippen LogP contribution is -2.07. The number of aromatic nitrogens is 2. The molecule has 0 atom stereocenters. The van der Waals surface area contributed by atoms with Crippen LogP contribution in [0.25, 0.3) is 11.2 Å². The van der Waals surface area contributed by atoms with Crippen molar-refractivity contribution in [2.24, 2.45) is 0 Å². The van der Waals surface area contributed by atoms with Crippen LogP contribution in [-0.4, -0.2) is 34.2 Å². The molecule has 0 aliphatic heterocycles. The molecule has 0 fully saturated rings. The zero-order valence-corrected chi connectivity index (χ0v) is 10.2. The summed E-state index contributed by atoms with van der Waals surface area (Å²) in [6.45, 7) is 1.58. The van der Waals surface area contributed by atoms with E-state index >= 15 is 0 Å². The Morgan fingerprint density at radius 3 is 2.82 bits per heavy atom. The highest BCUT2D eigenvalue weighted by molar-refractivity contribution is 6.19. The molecule has 0 radical (unpaired) electrons. The smallest absolute Gasteiger partial charge is 0.161 e. The van der Waals surface area contributed by atoms with Crippen molar-refractivity contribution in [1.82, 2.24) is 14.3 Å². The largest absolute Gasteiger partial charge is 0.383 e. The standard InChI is InChI=1S/C13H15N3O/c1-10(17)12(9-15(2)3)11-4-5-13-14-6-7-16(13)8-11/h4-9H,1-3H3/b12-9-. The van der Waals surface area contributed by atoms with Crippen LogP contribution in [0.4, 0.5) is 0 Å². The summed E-state index contributed by atoms with van der Waals surface area (Å²) in [5.41, 5.74) is 2.48. The minimum absolute atomic E-state index is 0.0539. The zero-order valence-electron chi connectivity index (χ0n) is 10.2. The van der Waals surface area contributed by atoms with Gasteiger partial charge in [0.05, 0.1) is 0 Å². The molecule has 4 heteroatoms. The minimum atomic E-state index is 0.0539. The SMILES string of the molecule is CC(=O)/C(=C/N(C)C)c1ccc2nccn2c1. The van der Waals surface area contributed by atoms with Crippen LogP contribution in [-0.2, 0) is 4.79 Å². The number of fused-ring (bicyclic) bond motifs is 1. The van der Waals surface area contributed by atoms with E-state index in [1.54, 1.807) is 13.1 Å². The number of Topliss-reactive ketones (excluding diaryl/α,β-unsaturated/α-hetero) is 1. The second kappa shape index (κ2) is 4.41. The van der Waals surface area contributed by atoms with E-state index in [0.717, 1.165) is 11.2 Å². The first-order valence-electron chi connectivity index (χ1n) is 5.40. The van der Waals surface area contributed by atoms with Gasteiger partial charge in [-0.2, -0.15) is 0 Å². The van der Waals surface area contributed by atoms with Crippen molar-refractivity contribution in [2.75, 3.05) is 14.1 Å². The van der Waals surface area contributed by atoms with Gasteiger partial charge in [-0.25, -0.2) is 4.98 Å². The molecule has 0 bridgehead atoms. The molecule has 0 aliphatic carbocycles. The molecule has 4 nitrogen and oxygen atoms in total. The second-order valence-electron chi connectivity index (χ2n) is 4.17. The van der Waals surface area contributed by atoms with Crippen LogP contribution in [0, 0.1) is 0 Å². The van der Waals surface area contributed by atoms with E-state index in [-0.39, 0.29) is 5.78 Å². The summed E-state index contributed by atoms with van der Waals surface area (Å²) in [7, 11) is 3.80. The van der Waals surface area contributed by atoms with Crippen LogP contribution in [0.2, 0.25) is 0 Å². The normalized spacial score (nSPS) is 11.8. The van der Waals surface area contributed by atoms with Crippen LogP contribution < -0.4 is 0 Å². The van der Waals surface area contributed by atoms with Crippen molar-refractivity contribution >= 4 is 17.0 Å². The molecule has 2 rings (SSSR count). The molecule has 0 aliphatic rings. The predicted molar refractivity (Wildman–Crippen MR) is 67.5 cm³/mol. The minimum Gasteiger partial charge on any atom is -0.383 e. The number of imidazole rings is 1. The third kappa shape index (κ3) is 2.36. The fraction of sp³-hybridized carbons (Fsp3) is 0.231. The van der Waals surface area contributed by atoms with Crippen LogP contribution in [0.3, 0.4) is 0 Å². The molecule has 0 amide bonds. The Morgan fingerprint density at radius 2 is 2.18 bits per heavy atom. The number of hydrogen-bond donors (Lipinski definition) is 0. The molecule has 0 aromatic carbocycles. The van der Waals surface area contributed by atoms with Gasteiger partial charge in [-0.3, -0.25) is 4.79 Å². The number of hydrogen-bond acceptors (Lipinski definition) is 3. The second-order valence-corrected chi connectivity index (χ2v) is 4.17. The summed E-state index contributed by atoms with van der Waals surface area (Å²) in [5.74, 6) is 0.0539. The van der Waals surface area contributed by atoms with E-state index in [1.807, 2.05) is 54.1 Å². The first kappa shape index (κ1) is 11.4. The third-order valence-electron chi connectivity index (χ3n) is 2.47. The van der Waals surface area contributed by atoms with Crippen LogP contribution in [0.15, 0.2) is 36.9 Å². The Balaban J connectivity index is 2.52.